The second-order valence-electron chi connectivity index (χ2n) is 4.17. The topological polar surface area (TPSA) is 55.1 Å². The van der Waals surface area contributed by atoms with E-state index in [1.54, 1.807) is 0 Å². The van der Waals surface area contributed by atoms with Crippen molar-refractivity contribution >= 4 is 11.6 Å². The third kappa shape index (κ3) is 2.49. The van der Waals surface area contributed by atoms with Gasteiger partial charge in [0.1, 0.15) is 0 Å². The number of anilines is 1. The van der Waals surface area contributed by atoms with Gasteiger partial charge in [0.25, 0.3) is 0 Å². The van der Waals surface area contributed by atoms with Crippen LogP contribution < -0.4 is 11.1 Å². The van der Waals surface area contributed by atoms with Crippen LogP contribution in [-0.4, -0.2) is 5.91 Å². The first-order valence-electron chi connectivity index (χ1n) is 5.32. The maximum Gasteiger partial charge on any atom is 0.223 e. The number of nitrogens with one attached hydrogen (secondary N) is 1. The molecule has 1 aromatic carbocycles. The van der Waals surface area contributed by atoms with Gasteiger partial charge in [-0.25, -0.2) is 0 Å². The van der Waals surface area contributed by atoms with Crippen LogP contribution in [0.1, 0.15) is 31.4 Å². The Kier molecular flexibility index (Phi) is 2.62. The molecule has 1 fully saturated rings. The Morgan fingerprint density at radius 2 is 2.27 bits per heavy atom. The van der Waals surface area contributed by atoms with E-state index in [2.05, 4.69) is 5.32 Å². The van der Waals surface area contributed by atoms with Gasteiger partial charge in [-0.1, -0.05) is 12.1 Å². The SMILES string of the molecule is CC(NC(=O)C1CC1)c1cccc(N)c1. The van der Waals surface area contributed by atoms with Crippen LogP contribution in [0, 0.1) is 5.92 Å². The highest BCUT2D eigenvalue weighted by molar-refractivity contribution is 5.81. The average molecular weight is 204 g/mol. The monoisotopic (exact) mass is 204 g/mol. The van der Waals surface area contributed by atoms with Crippen molar-refractivity contribution in [2.75, 3.05) is 5.73 Å². The van der Waals surface area contributed by atoms with Crippen molar-refractivity contribution in [3.63, 3.8) is 0 Å². The second-order valence-corrected chi connectivity index (χ2v) is 4.17. The summed E-state index contributed by atoms with van der Waals surface area (Å²) >= 11 is 0. The van der Waals surface area contributed by atoms with E-state index in [4.69, 9.17) is 5.73 Å². The highest BCUT2D eigenvalue weighted by Gasteiger charge is 2.30. The normalized spacial score (nSPS) is 17.1. The molecule has 0 bridgehead atoms. The maximum absolute atomic E-state index is 11.5. The molecule has 1 aromatic rings. The molecular formula is C12H16N2O. The zero-order valence-corrected chi connectivity index (χ0v) is 8.86. The number of nitrogen functional groups attached to an aromatic ring is 1. The smallest absolute Gasteiger partial charge is 0.223 e. The predicted octanol–water partition coefficient (Wildman–Crippen LogP) is 1.86. The molecular weight excluding hydrogens is 188 g/mol. The highest BCUT2D eigenvalue weighted by Crippen LogP contribution is 2.29. The van der Waals surface area contributed by atoms with E-state index in [0.717, 1.165) is 24.1 Å². The number of carbonyl (C=O) groups excluding carboxylic acids is 1. The molecule has 1 amide bonds. The van der Waals surface area contributed by atoms with Crippen molar-refractivity contribution in [1.82, 2.24) is 5.32 Å². The molecule has 0 heterocycles. The minimum absolute atomic E-state index is 0.0431. The third-order valence-corrected chi connectivity index (χ3v) is 2.72. The van der Waals surface area contributed by atoms with E-state index in [0.29, 0.717) is 0 Å². The lowest BCUT2D eigenvalue weighted by atomic mass is 10.1. The van der Waals surface area contributed by atoms with Crippen molar-refractivity contribution in [1.29, 1.82) is 0 Å². The zero-order valence-electron chi connectivity index (χ0n) is 8.86. The standard InChI is InChI=1S/C12H16N2O/c1-8(14-12(15)9-5-6-9)10-3-2-4-11(13)7-10/h2-4,7-9H,5-6,13H2,1H3,(H,14,15). The Hall–Kier alpha value is -1.51. The summed E-state index contributed by atoms with van der Waals surface area (Å²) in [4.78, 5) is 11.5. The molecule has 0 spiro atoms. The third-order valence-electron chi connectivity index (χ3n) is 2.72. The Labute approximate surface area is 89.7 Å². The molecule has 0 aliphatic heterocycles. The molecule has 1 atom stereocenters. The number of benzene rings is 1. The molecule has 0 saturated heterocycles. The largest absolute Gasteiger partial charge is 0.399 e. The van der Waals surface area contributed by atoms with E-state index < -0.39 is 0 Å². The first-order valence-corrected chi connectivity index (χ1v) is 5.32. The van der Waals surface area contributed by atoms with E-state index in [-0.39, 0.29) is 17.9 Å². The fraction of sp³-hybridized carbons (Fsp3) is 0.417. The number of amides is 1. The summed E-state index contributed by atoms with van der Waals surface area (Å²) in [5.41, 5.74) is 7.48. The van der Waals surface area contributed by atoms with Crippen LogP contribution in [0.15, 0.2) is 24.3 Å². The summed E-state index contributed by atoms with van der Waals surface area (Å²) in [6.45, 7) is 1.98. The number of carbonyl (C=O) groups is 1. The lowest BCUT2D eigenvalue weighted by Gasteiger charge is -2.14. The summed E-state index contributed by atoms with van der Waals surface area (Å²) in [6.07, 6.45) is 2.07. The van der Waals surface area contributed by atoms with Crippen molar-refractivity contribution in [3.05, 3.63) is 29.8 Å². The number of hydrogen-bond donors (Lipinski definition) is 2. The van der Waals surface area contributed by atoms with Crippen molar-refractivity contribution < 1.29 is 4.79 Å². The Morgan fingerprint density at radius 1 is 1.53 bits per heavy atom. The summed E-state index contributed by atoms with van der Waals surface area (Å²) in [6, 6.07) is 7.68. The molecule has 1 aliphatic rings. The van der Waals surface area contributed by atoms with Gasteiger partial charge in [0.05, 0.1) is 6.04 Å². The molecule has 1 unspecified atom stereocenters. The van der Waals surface area contributed by atoms with Crippen LogP contribution in [0.4, 0.5) is 5.69 Å². The van der Waals surface area contributed by atoms with E-state index in [9.17, 15) is 4.79 Å². The molecule has 2 rings (SSSR count). The van der Waals surface area contributed by atoms with Gasteiger partial charge in [-0.15, -0.1) is 0 Å². The van der Waals surface area contributed by atoms with Gasteiger partial charge in [0, 0.05) is 11.6 Å². The molecule has 0 radical (unpaired) electrons. The molecule has 3 nitrogen and oxygen atoms in total. The van der Waals surface area contributed by atoms with Crippen molar-refractivity contribution in [3.8, 4) is 0 Å². The minimum atomic E-state index is 0.0431. The summed E-state index contributed by atoms with van der Waals surface area (Å²) < 4.78 is 0. The number of hydrogen-bond acceptors (Lipinski definition) is 2. The van der Waals surface area contributed by atoms with Gasteiger partial charge in [-0.2, -0.15) is 0 Å². The van der Waals surface area contributed by atoms with Crippen LogP contribution in [-0.2, 0) is 4.79 Å². The van der Waals surface area contributed by atoms with E-state index in [1.807, 2.05) is 31.2 Å². The van der Waals surface area contributed by atoms with Gasteiger partial charge < -0.3 is 11.1 Å². The van der Waals surface area contributed by atoms with Crippen LogP contribution in [0.2, 0.25) is 0 Å². The molecule has 15 heavy (non-hydrogen) atoms. The van der Waals surface area contributed by atoms with Crippen molar-refractivity contribution in [2.45, 2.75) is 25.8 Å². The summed E-state index contributed by atoms with van der Waals surface area (Å²) in [7, 11) is 0. The fourth-order valence-corrected chi connectivity index (χ4v) is 1.59. The van der Waals surface area contributed by atoms with Gasteiger partial charge in [-0.3, -0.25) is 4.79 Å². The number of rotatable bonds is 3. The fourth-order valence-electron chi connectivity index (χ4n) is 1.59. The average Bonchev–Trinajstić information content (AvgIpc) is 3.00. The van der Waals surface area contributed by atoms with E-state index >= 15 is 0 Å². The minimum Gasteiger partial charge on any atom is -0.399 e. The lowest BCUT2D eigenvalue weighted by molar-refractivity contribution is -0.122. The predicted molar refractivity (Wildman–Crippen MR) is 60.1 cm³/mol. The Bertz CT molecular complexity index is 372. The molecule has 3 N–H and O–H groups in total. The van der Waals surface area contributed by atoms with Gasteiger partial charge in [-0.05, 0) is 37.5 Å². The number of nitrogens with two attached hydrogens (primary N) is 1. The van der Waals surface area contributed by atoms with Gasteiger partial charge >= 0.3 is 0 Å². The van der Waals surface area contributed by atoms with Crippen LogP contribution in [0.3, 0.4) is 0 Å². The van der Waals surface area contributed by atoms with Gasteiger partial charge in [0.2, 0.25) is 5.91 Å². The lowest BCUT2D eigenvalue weighted by Crippen LogP contribution is -2.27. The zero-order chi connectivity index (χ0) is 10.8. The molecule has 1 saturated carbocycles. The Morgan fingerprint density at radius 3 is 2.87 bits per heavy atom. The van der Waals surface area contributed by atoms with E-state index in [1.165, 1.54) is 0 Å². The van der Waals surface area contributed by atoms with Crippen LogP contribution in [0.5, 0.6) is 0 Å². The maximum atomic E-state index is 11.5. The van der Waals surface area contributed by atoms with Gasteiger partial charge in [0.15, 0.2) is 0 Å². The van der Waals surface area contributed by atoms with Crippen LogP contribution in [0.25, 0.3) is 0 Å². The molecule has 3 heteroatoms. The highest BCUT2D eigenvalue weighted by atomic mass is 16.2. The first kappa shape index (κ1) is 10.0. The summed E-state index contributed by atoms with van der Waals surface area (Å²) in [5, 5.41) is 2.99. The quantitative estimate of drug-likeness (QED) is 0.738. The molecule has 1 aliphatic carbocycles. The first-order chi connectivity index (χ1) is 7.16. The summed E-state index contributed by atoms with van der Waals surface area (Å²) in [5.74, 6) is 0.429. The Balaban J connectivity index is 2.00. The van der Waals surface area contributed by atoms with Crippen LogP contribution >= 0.6 is 0 Å². The second kappa shape index (κ2) is 3.93. The molecule has 80 valence electrons. The molecule has 0 aromatic heterocycles. The van der Waals surface area contributed by atoms with Crippen molar-refractivity contribution in [2.24, 2.45) is 5.92 Å².